The molecule has 1 atom stereocenters. The number of aromatic nitrogens is 2. The lowest BCUT2D eigenvalue weighted by Crippen LogP contribution is -2.44. The van der Waals surface area contributed by atoms with Crippen molar-refractivity contribution in [2.45, 2.75) is 19.0 Å². The first-order chi connectivity index (χ1) is 15.7. The van der Waals surface area contributed by atoms with Crippen molar-refractivity contribution in [3.8, 4) is 22.8 Å². The Labute approximate surface area is 211 Å². The predicted molar refractivity (Wildman–Crippen MR) is 143 cm³/mol. The van der Waals surface area contributed by atoms with Crippen LogP contribution in [-0.2, 0) is 6.54 Å². The molecular formula is C24H31IN6O2. The number of guanidine groups is 1. The highest BCUT2D eigenvalue weighted by molar-refractivity contribution is 14.0. The summed E-state index contributed by atoms with van der Waals surface area (Å²) in [4.78, 5) is 14.6. The summed E-state index contributed by atoms with van der Waals surface area (Å²) in [5.41, 5.74) is 3.22. The fourth-order valence-corrected chi connectivity index (χ4v) is 3.86. The fourth-order valence-electron chi connectivity index (χ4n) is 3.86. The van der Waals surface area contributed by atoms with Crippen molar-refractivity contribution in [1.82, 2.24) is 20.6 Å². The van der Waals surface area contributed by atoms with E-state index < -0.39 is 0 Å². The van der Waals surface area contributed by atoms with Crippen LogP contribution in [0.25, 0.3) is 11.3 Å². The highest BCUT2D eigenvalue weighted by atomic mass is 127. The molecule has 1 unspecified atom stereocenters. The Kier molecular flexibility index (Phi) is 8.81. The number of rotatable bonds is 7. The minimum atomic E-state index is 0. The largest absolute Gasteiger partial charge is 0.497 e. The monoisotopic (exact) mass is 562 g/mol. The topological polar surface area (TPSA) is 86.8 Å². The summed E-state index contributed by atoms with van der Waals surface area (Å²) in [6.45, 7) is 2.38. The van der Waals surface area contributed by atoms with Gasteiger partial charge in [0, 0.05) is 50.1 Å². The second-order valence-corrected chi connectivity index (χ2v) is 7.68. The van der Waals surface area contributed by atoms with Crippen LogP contribution in [0.1, 0.15) is 12.2 Å². The van der Waals surface area contributed by atoms with Crippen molar-refractivity contribution in [3.63, 3.8) is 0 Å². The van der Waals surface area contributed by atoms with E-state index in [4.69, 9.17) is 9.47 Å². The second kappa shape index (κ2) is 11.8. The molecule has 0 aliphatic carbocycles. The van der Waals surface area contributed by atoms with Gasteiger partial charge in [-0.05, 0) is 12.0 Å². The summed E-state index contributed by atoms with van der Waals surface area (Å²) in [5.74, 6) is 3.21. The van der Waals surface area contributed by atoms with Crippen LogP contribution in [0, 0.1) is 0 Å². The zero-order chi connectivity index (χ0) is 22.3. The molecule has 1 aliphatic rings. The Balaban J connectivity index is 0.00000306. The Morgan fingerprint density at radius 2 is 1.88 bits per heavy atom. The minimum absolute atomic E-state index is 0. The Morgan fingerprint density at radius 3 is 2.55 bits per heavy atom. The molecule has 1 fully saturated rings. The molecule has 0 amide bonds. The molecule has 0 bridgehead atoms. The number of ether oxygens (including phenoxy) is 2. The number of imidazole rings is 1. The van der Waals surface area contributed by atoms with Crippen LogP contribution in [0.4, 0.5) is 5.69 Å². The molecule has 1 saturated heterocycles. The first kappa shape index (κ1) is 24.7. The number of anilines is 1. The molecule has 33 heavy (non-hydrogen) atoms. The van der Waals surface area contributed by atoms with E-state index in [1.807, 2.05) is 42.6 Å². The van der Waals surface area contributed by atoms with Gasteiger partial charge in [-0.1, -0.05) is 30.3 Å². The van der Waals surface area contributed by atoms with Gasteiger partial charge in [0.15, 0.2) is 5.96 Å². The maximum atomic E-state index is 5.41. The van der Waals surface area contributed by atoms with Crippen LogP contribution in [0.2, 0.25) is 0 Å². The molecule has 3 N–H and O–H groups in total. The normalized spacial score (nSPS) is 15.7. The smallest absolute Gasteiger partial charge is 0.191 e. The molecule has 1 aromatic heterocycles. The maximum Gasteiger partial charge on any atom is 0.191 e. The third-order valence-electron chi connectivity index (χ3n) is 5.59. The van der Waals surface area contributed by atoms with E-state index in [0.29, 0.717) is 6.54 Å². The average Bonchev–Trinajstić information content (AvgIpc) is 3.52. The first-order valence-electron chi connectivity index (χ1n) is 10.7. The highest BCUT2D eigenvalue weighted by Crippen LogP contribution is 2.30. The molecule has 1 aliphatic heterocycles. The number of benzene rings is 2. The number of halogens is 1. The van der Waals surface area contributed by atoms with Crippen LogP contribution < -0.4 is 25.0 Å². The molecule has 0 saturated carbocycles. The van der Waals surface area contributed by atoms with Crippen molar-refractivity contribution in [3.05, 3.63) is 60.6 Å². The second-order valence-electron chi connectivity index (χ2n) is 7.68. The molecule has 8 nitrogen and oxygen atoms in total. The Bertz CT molecular complexity index is 1030. The molecule has 0 spiro atoms. The van der Waals surface area contributed by atoms with E-state index in [1.54, 1.807) is 21.3 Å². The molecular weight excluding hydrogens is 531 g/mol. The van der Waals surface area contributed by atoms with Crippen molar-refractivity contribution < 1.29 is 9.47 Å². The lowest BCUT2D eigenvalue weighted by Gasteiger charge is -2.21. The summed E-state index contributed by atoms with van der Waals surface area (Å²) in [6.07, 6.45) is 2.87. The SMILES string of the molecule is CN=C(NCc1ncc(-c2ccccc2)[nH]1)NC1CCN(c2cc(OC)cc(OC)c2)C1.I. The van der Waals surface area contributed by atoms with Crippen LogP contribution >= 0.6 is 24.0 Å². The van der Waals surface area contributed by atoms with E-state index in [1.165, 1.54) is 0 Å². The third-order valence-corrected chi connectivity index (χ3v) is 5.59. The zero-order valence-corrected chi connectivity index (χ0v) is 21.5. The lowest BCUT2D eigenvalue weighted by atomic mass is 10.2. The van der Waals surface area contributed by atoms with Gasteiger partial charge in [-0.25, -0.2) is 4.98 Å². The quantitative estimate of drug-likeness (QED) is 0.232. The predicted octanol–water partition coefficient (Wildman–Crippen LogP) is 3.66. The first-order valence-corrected chi connectivity index (χ1v) is 10.7. The van der Waals surface area contributed by atoms with Crippen molar-refractivity contribution in [1.29, 1.82) is 0 Å². The number of H-pyrrole nitrogens is 1. The summed E-state index contributed by atoms with van der Waals surface area (Å²) in [6, 6.07) is 16.4. The number of aliphatic imine (C=N–C) groups is 1. The number of aromatic amines is 1. The lowest BCUT2D eigenvalue weighted by molar-refractivity contribution is 0.394. The molecule has 0 radical (unpaired) electrons. The van der Waals surface area contributed by atoms with Crippen molar-refractivity contribution in [2.75, 3.05) is 39.3 Å². The molecule has 176 valence electrons. The van der Waals surface area contributed by atoms with E-state index in [2.05, 4.69) is 42.6 Å². The standard InChI is InChI=1S/C24H30N6O2.HI/c1-25-24(27-15-23-26-14-22(29-23)17-7-5-4-6-8-17)28-18-9-10-30(16-18)19-11-20(31-2)13-21(12-19)32-3;/h4-8,11-14,18H,9-10,15-16H2,1-3H3,(H,26,29)(H2,25,27,28);1H. The Hall–Kier alpha value is -2.95. The van der Waals surface area contributed by atoms with Gasteiger partial charge >= 0.3 is 0 Å². The van der Waals surface area contributed by atoms with Gasteiger partial charge in [-0.2, -0.15) is 0 Å². The third kappa shape index (κ3) is 6.31. The van der Waals surface area contributed by atoms with Crippen LogP contribution in [0.15, 0.2) is 59.7 Å². The van der Waals surface area contributed by atoms with Gasteiger partial charge in [-0.15, -0.1) is 24.0 Å². The van der Waals surface area contributed by atoms with Crippen LogP contribution in [0.5, 0.6) is 11.5 Å². The molecule has 3 aromatic rings. The van der Waals surface area contributed by atoms with Gasteiger partial charge in [-0.3, -0.25) is 4.99 Å². The van der Waals surface area contributed by atoms with Gasteiger partial charge in [0.1, 0.15) is 17.3 Å². The van der Waals surface area contributed by atoms with Gasteiger partial charge in [0.2, 0.25) is 0 Å². The van der Waals surface area contributed by atoms with E-state index in [-0.39, 0.29) is 30.0 Å². The Morgan fingerprint density at radius 1 is 1.15 bits per heavy atom. The van der Waals surface area contributed by atoms with Crippen molar-refractivity contribution in [2.24, 2.45) is 4.99 Å². The number of nitrogens with zero attached hydrogens (tertiary/aromatic N) is 3. The number of methoxy groups -OCH3 is 2. The molecule has 2 aromatic carbocycles. The number of hydrogen-bond donors (Lipinski definition) is 3. The average molecular weight is 562 g/mol. The van der Waals surface area contributed by atoms with Crippen LogP contribution in [-0.4, -0.2) is 56.3 Å². The minimum Gasteiger partial charge on any atom is -0.497 e. The molecule has 2 heterocycles. The van der Waals surface area contributed by atoms with E-state index >= 15 is 0 Å². The summed E-state index contributed by atoms with van der Waals surface area (Å²) in [7, 11) is 5.13. The summed E-state index contributed by atoms with van der Waals surface area (Å²) in [5, 5.41) is 6.88. The number of hydrogen-bond acceptors (Lipinski definition) is 5. The van der Waals surface area contributed by atoms with E-state index in [9.17, 15) is 0 Å². The van der Waals surface area contributed by atoms with Gasteiger partial charge in [0.05, 0.1) is 32.7 Å². The highest BCUT2D eigenvalue weighted by Gasteiger charge is 2.24. The maximum absolute atomic E-state index is 5.41. The summed E-state index contributed by atoms with van der Waals surface area (Å²) >= 11 is 0. The van der Waals surface area contributed by atoms with Gasteiger partial charge < -0.3 is 30.0 Å². The fraction of sp³-hybridized carbons (Fsp3) is 0.333. The molecule has 9 heteroatoms. The summed E-state index contributed by atoms with van der Waals surface area (Å²) < 4.78 is 10.8. The van der Waals surface area contributed by atoms with E-state index in [0.717, 1.165) is 59.7 Å². The number of nitrogens with one attached hydrogen (secondary N) is 3. The molecule has 4 rings (SSSR count). The van der Waals surface area contributed by atoms with Crippen LogP contribution in [0.3, 0.4) is 0 Å². The zero-order valence-electron chi connectivity index (χ0n) is 19.2. The van der Waals surface area contributed by atoms with Gasteiger partial charge in [0.25, 0.3) is 0 Å². The van der Waals surface area contributed by atoms with Crippen molar-refractivity contribution >= 4 is 35.6 Å².